The van der Waals surface area contributed by atoms with Crippen molar-refractivity contribution in [1.29, 1.82) is 0 Å². The third-order valence-electron chi connectivity index (χ3n) is 12.5. The zero-order valence-electron chi connectivity index (χ0n) is 39.0. The number of amides is 2. The second-order valence-electron chi connectivity index (χ2n) is 21.8. The van der Waals surface area contributed by atoms with Crippen molar-refractivity contribution in [2.24, 2.45) is 0 Å². The van der Waals surface area contributed by atoms with Crippen LogP contribution in [0.15, 0.2) is 117 Å². The molecule has 4 heterocycles. The molecule has 6 aromatic rings. The van der Waals surface area contributed by atoms with Gasteiger partial charge in [0.2, 0.25) is 0 Å². The van der Waals surface area contributed by atoms with E-state index in [0.29, 0.717) is 33.8 Å². The van der Waals surface area contributed by atoms with Crippen molar-refractivity contribution >= 4 is 50.9 Å². The molecule has 0 aliphatic carbocycles. The first kappa shape index (κ1) is 43.7. The van der Waals surface area contributed by atoms with Crippen LogP contribution in [0.5, 0.6) is 0 Å². The lowest BCUT2D eigenvalue weighted by atomic mass is 9.80. The van der Waals surface area contributed by atoms with Gasteiger partial charge in [0, 0.05) is 27.5 Å². The minimum atomic E-state index is -1.54. The molecule has 0 spiro atoms. The minimum Gasteiger partial charge on any atom is -0.454 e. The van der Waals surface area contributed by atoms with E-state index in [1.54, 1.807) is 31.2 Å². The molecule has 1 N–H and O–H groups in total. The number of fused-ring (bicyclic) bond motifs is 3. The summed E-state index contributed by atoms with van der Waals surface area (Å²) >= 11 is 0. The van der Waals surface area contributed by atoms with Gasteiger partial charge in [-0.15, -0.1) is 0 Å². The van der Waals surface area contributed by atoms with Gasteiger partial charge in [-0.1, -0.05) is 156 Å². The zero-order chi connectivity index (χ0) is 45.8. The molecule has 4 aromatic carbocycles. The molecule has 63 heavy (non-hydrogen) atoms. The van der Waals surface area contributed by atoms with Gasteiger partial charge in [0.1, 0.15) is 28.2 Å². The molecule has 2 aliphatic rings. The lowest BCUT2D eigenvalue weighted by Crippen LogP contribution is -2.40. The number of ketones is 1. The number of carbonyl (C=O) groups is 3. The number of hydrogen-bond donors (Lipinski definition) is 1. The average molecular weight is 845 g/mol. The van der Waals surface area contributed by atoms with Crippen LogP contribution in [-0.4, -0.2) is 45.6 Å². The summed E-state index contributed by atoms with van der Waals surface area (Å²) in [5.41, 5.74) is 4.66. The molecule has 8 rings (SSSR count). The number of nitrogens with zero attached hydrogens (tertiary/aromatic N) is 2. The zero-order valence-corrected chi connectivity index (χ0v) is 39.0. The smallest absolute Gasteiger partial charge is 0.261 e. The SMILES string of the molecule is CC(C)(C)c1cc(C(C)(C)C)c2oc(C3=C4C(=O)N(CC(C)(O)c5ccccc5)C(c5cc6cc(C(C)(C)C)cc(C(C)(C)C)c6o5)=C4C(=O)N3CC(=O)c3ccccc3)cc2c1. The number of hydrogen-bond acceptors (Lipinski definition) is 6. The van der Waals surface area contributed by atoms with Crippen molar-refractivity contribution in [3.05, 3.63) is 153 Å². The van der Waals surface area contributed by atoms with Crippen molar-refractivity contribution in [1.82, 2.24) is 9.80 Å². The largest absolute Gasteiger partial charge is 0.454 e. The Bertz CT molecular complexity index is 2890. The molecule has 2 aromatic heterocycles. The van der Waals surface area contributed by atoms with Gasteiger partial charge in [-0.3, -0.25) is 19.3 Å². The summed E-state index contributed by atoms with van der Waals surface area (Å²) in [6, 6.07) is 30.4. The van der Waals surface area contributed by atoms with Gasteiger partial charge >= 0.3 is 0 Å². The average Bonchev–Trinajstić information content (AvgIpc) is 3.95. The summed E-state index contributed by atoms with van der Waals surface area (Å²) in [6.45, 7) is 27.0. The highest BCUT2D eigenvalue weighted by Gasteiger charge is 2.52. The van der Waals surface area contributed by atoms with Gasteiger partial charge in [-0.2, -0.15) is 0 Å². The first-order valence-corrected chi connectivity index (χ1v) is 21.9. The quantitative estimate of drug-likeness (QED) is 0.153. The van der Waals surface area contributed by atoms with Crippen molar-refractivity contribution in [2.75, 3.05) is 13.1 Å². The van der Waals surface area contributed by atoms with Crippen LogP contribution in [0.2, 0.25) is 0 Å². The Balaban J connectivity index is 1.43. The van der Waals surface area contributed by atoms with Gasteiger partial charge in [-0.05, 0) is 69.5 Å². The molecule has 2 amide bonds. The normalized spacial score (nSPS) is 16.3. The third-order valence-corrected chi connectivity index (χ3v) is 12.5. The number of β-amino-alcohol motifs (C(OH)–C–C–N with tert-alkyl or cyclic N) is 1. The number of aliphatic hydroxyl groups is 1. The van der Waals surface area contributed by atoms with Crippen LogP contribution in [0.25, 0.3) is 33.3 Å². The molecule has 8 heteroatoms. The molecule has 8 nitrogen and oxygen atoms in total. The van der Waals surface area contributed by atoms with Crippen molar-refractivity contribution in [2.45, 2.75) is 117 Å². The Morgan fingerprint density at radius 3 is 1.37 bits per heavy atom. The molecule has 0 saturated carbocycles. The first-order valence-electron chi connectivity index (χ1n) is 21.9. The standard InChI is InChI=1S/C55H60N2O6/c1-51(2,3)36-24-33-26-41(62-47(33)38(28-36)53(7,8)9)45-43-44(49(59)56(45)30-40(58)32-20-16-14-17-21-32)46(57(50(43)60)31-55(13,61)35-22-18-15-19-23-35)42-27-34-25-37(52(4,5)6)29-39(48(34)63-42)54(10,11)12/h14-29,61H,30-31H2,1-13H3. The van der Waals surface area contributed by atoms with E-state index in [2.05, 4.69) is 107 Å². The highest BCUT2D eigenvalue weighted by atomic mass is 16.3. The highest BCUT2D eigenvalue weighted by Crippen LogP contribution is 2.50. The molecular formula is C55H60N2O6. The third kappa shape index (κ3) is 7.77. The molecule has 0 bridgehead atoms. The number of benzene rings is 4. The van der Waals surface area contributed by atoms with Gasteiger partial charge in [0.15, 0.2) is 17.3 Å². The maximum absolute atomic E-state index is 15.5. The van der Waals surface area contributed by atoms with Gasteiger partial charge in [-0.25, -0.2) is 0 Å². The Morgan fingerprint density at radius 1 is 0.524 bits per heavy atom. The number of furan rings is 2. The van der Waals surface area contributed by atoms with Crippen LogP contribution < -0.4 is 0 Å². The molecule has 0 radical (unpaired) electrons. The predicted molar refractivity (Wildman–Crippen MR) is 251 cm³/mol. The molecule has 2 aliphatic heterocycles. The van der Waals surface area contributed by atoms with Crippen LogP contribution >= 0.6 is 0 Å². The van der Waals surface area contributed by atoms with Crippen LogP contribution in [0.1, 0.15) is 140 Å². The van der Waals surface area contributed by atoms with E-state index in [-0.39, 0.29) is 63.1 Å². The second-order valence-corrected chi connectivity index (χ2v) is 21.8. The minimum absolute atomic E-state index is 0.0963. The molecule has 1 atom stereocenters. The van der Waals surface area contributed by atoms with E-state index in [1.165, 1.54) is 9.80 Å². The van der Waals surface area contributed by atoms with Crippen molar-refractivity contribution in [3.63, 3.8) is 0 Å². The Kier molecular flexibility index (Phi) is 10.3. The number of carbonyl (C=O) groups excluding carboxylic acids is 3. The maximum Gasteiger partial charge on any atom is 0.261 e. The number of rotatable bonds is 8. The lowest BCUT2D eigenvalue weighted by molar-refractivity contribution is -0.125. The van der Waals surface area contributed by atoms with E-state index >= 15 is 9.59 Å². The predicted octanol–water partition coefficient (Wildman–Crippen LogP) is 12.0. The summed E-state index contributed by atoms with van der Waals surface area (Å²) in [5, 5.41) is 13.9. The van der Waals surface area contributed by atoms with Crippen LogP contribution in [-0.2, 0) is 36.9 Å². The van der Waals surface area contributed by atoms with E-state index < -0.39 is 17.4 Å². The van der Waals surface area contributed by atoms with Crippen molar-refractivity contribution < 1.29 is 28.3 Å². The molecule has 1 unspecified atom stereocenters. The fourth-order valence-electron chi connectivity index (χ4n) is 8.79. The Hall–Kier alpha value is -5.99. The van der Waals surface area contributed by atoms with E-state index in [4.69, 9.17) is 8.83 Å². The van der Waals surface area contributed by atoms with Crippen LogP contribution in [0, 0.1) is 0 Å². The topological polar surface area (TPSA) is 104 Å². The summed E-state index contributed by atoms with van der Waals surface area (Å²) in [5.74, 6) is -0.738. The van der Waals surface area contributed by atoms with Crippen LogP contribution in [0.3, 0.4) is 0 Å². The molecule has 0 saturated heterocycles. The first-order chi connectivity index (χ1) is 29.3. The summed E-state index contributed by atoms with van der Waals surface area (Å²) in [7, 11) is 0. The van der Waals surface area contributed by atoms with Gasteiger partial charge in [0.25, 0.3) is 11.8 Å². The summed E-state index contributed by atoms with van der Waals surface area (Å²) in [6.07, 6.45) is 0. The Morgan fingerprint density at radius 2 is 0.937 bits per heavy atom. The molecule has 0 fully saturated rings. The monoisotopic (exact) mass is 844 g/mol. The molecular weight excluding hydrogens is 785 g/mol. The lowest BCUT2D eigenvalue weighted by Gasteiger charge is -2.31. The highest BCUT2D eigenvalue weighted by molar-refractivity contribution is 6.30. The van der Waals surface area contributed by atoms with Gasteiger partial charge in [0.05, 0.1) is 24.2 Å². The van der Waals surface area contributed by atoms with E-state index in [1.807, 2.05) is 48.5 Å². The fourth-order valence-corrected chi connectivity index (χ4v) is 8.79. The van der Waals surface area contributed by atoms with E-state index in [0.717, 1.165) is 33.0 Å². The molecule has 326 valence electrons. The second kappa shape index (κ2) is 14.8. The fraction of sp³-hybridized carbons (Fsp3) is 0.364. The maximum atomic E-state index is 15.5. The van der Waals surface area contributed by atoms with Gasteiger partial charge < -0.3 is 18.8 Å². The summed E-state index contributed by atoms with van der Waals surface area (Å²) in [4.78, 5) is 48.0. The van der Waals surface area contributed by atoms with Crippen molar-refractivity contribution in [3.8, 4) is 0 Å². The number of Topliss-reactive ketones (excluding diaryl/α,β-unsaturated/α-hetero) is 1. The Labute approximate surface area is 371 Å². The summed E-state index contributed by atoms with van der Waals surface area (Å²) < 4.78 is 13.8. The van der Waals surface area contributed by atoms with E-state index in [9.17, 15) is 9.90 Å². The van der Waals surface area contributed by atoms with Crippen LogP contribution in [0.4, 0.5) is 0 Å².